The fourth-order valence-electron chi connectivity index (χ4n) is 3.68. The predicted octanol–water partition coefficient (Wildman–Crippen LogP) is 3.27. The summed E-state index contributed by atoms with van der Waals surface area (Å²) in [6.45, 7) is 13.0. The van der Waals surface area contributed by atoms with E-state index in [1.165, 1.54) is 11.9 Å². The lowest BCUT2D eigenvalue weighted by atomic mass is 9.98. The maximum absolute atomic E-state index is 13.6. The number of ether oxygens (including phenoxy) is 1. The molecular weight excluding hydrogens is 448 g/mol. The zero-order valence-corrected chi connectivity index (χ0v) is 22.4. The van der Waals surface area contributed by atoms with Gasteiger partial charge in [-0.25, -0.2) is 4.79 Å². The van der Waals surface area contributed by atoms with Gasteiger partial charge in [0.15, 0.2) is 0 Å². The van der Waals surface area contributed by atoms with Crippen LogP contribution in [0.2, 0.25) is 0 Å². The molecule has 0 radical (unpaired) electrons. The Morgan fingerprint density at radius 3 is 2.20 bits per heavy atom. The number of benzene rings is 1. The molecule has 9 heteroatoms. The molecule has 0 saturated carbocycles. The molecule has 0 aromatic heterocycles. The Morgan fingerprint density at radius 1 is 1.06 bits per heavy atom. The second-order valence-corrected chi connectivity index (χ2v) is 10.1. The third kappa shape index (κ3) is 9.96. The zero-order chi connectivity index (χ0) is 26.9. The van der Waals surface area contributed by atoms with Crippen LogP contribution in [-0.4, -0.2) is 53.4 Å². The van der Waals surface area contributed by atoms with Crippen molar-refractivity contribution in [3.05, 3.63) is 34.9 Å². The minimum atomic E-state index is -1.10. The van der Waals surface area contributed by atoms with Crippen LogP contribution in [-0.2, 0) is 19.1 Å². The van der Waals surface area contributed by atoms with E-state index in [9.17, 15) is 19.2 Å². The Morgan fingerprint density at radius 2 is 1.69 bits per heavy atom. The smallest absolute Gasteiger partial charge is 0.408 e. The van der Waals surface area contributed by atoms with E-state index in [0.717, 1.165) is 24.0 Å². The van der Waals surface area contributed by atoms with E-state index in [1.807, 2.05) is 45.9 Å². The number of amides is 4. The molecule has 196 valence electrons. The molecule has 0 heterocycles. The van der Waals surface area contributed by atoms with Crippen molar-refractivity contribution in [2.45, 2.75) is 97.9 Å². The second kappa shape index (κ2) is 13.1. The number of nitrogens with two attached hydrogens (primary N) is 1. The molecule has 0 fully saturated rings. The normalized spacial score (nSPS) is 13.8. The molecule has 0 bridgehead atoms. The summed E-state index contributed by atoms with van der Waals surface area (Å²) in [6, 6.07) is 3.50. The third-order valence-corrected chi connectivity index (χ3v) is 5.61. The van der Waals surface area contributed by atoms with Gasteiger partial charge in [-0.3, -0.25) is 14.4 Å². The van der Waals surface area contributed by atoms with Gasteiger partial charge in [-0.2, -0.15) is 0 Å². The minimum Gasteiger partial charge on any atom is -0.444 e. The van der Waals surface area contributed by atoms with E-state index in [1.54, 1.807) is 20.8 Å². The monoisotopic (exact) mass is 490 g/mol. The van der Waals surface area contributed by atoms with Crippen LogP contribution in [0.5, 0.6) is 0 Å². The highest BCUT2D eigenvalue weighted by molar-refractivity contribution is 5.92. The number of rotatable bonds is 11. The molecule has 0 aliphatic carbocycles. The average molecular weight is 491 g/mol. The van der Waals surface area contributed by atoms with Gasteiger partial charge in [-0.1, -0.05) is 31.5 Å². The summed E-state index contributed by atoms with van der Waals surface area (Å²) in [5, 5.41) is 5.54. The van der Waals surface area contributed by atoms with E-state index in [2.05, 4.69) is 10.6 Å². The standard InChI is InChI=1S/C26H42N4O5/c1-9-10-18(4)28-23(32)22(19-12-11-16(2)17(3)15-19)30(8)24(33)20(13-14-21(27)31)29-25(34)35-26(5,6)7/h11-12,15,18,20,22H,9-10,13-14H2,1-8H3,(H2,27,31)(H,28,32)(H,29,34). The highest BCUT2D eigenvalue weighted by atomic mass is 16.6. The molecule has 0 saturated heterocycles. The van der Waals surface area contributed by atoms with Crippen molar-refractivity contribution in [2.24, 2.45) is 5.73 Å². The van der Waals surface area contributed by atoms with Crippen LogP contribution in [0.25, 0.3) is 0 Å². The zero-order valence-electron chi connectivity index (χ0n) is 22.4. The number of carbonyl (C=O) groups is 4. The van der Waals surface area contributed by atoms with Crippen LogP contribution in [0.4, 0.5) is 4.79 Å². The Labute approximate surface area is 209 Å². The van der Waals surface area contributed by atoms with Crippen LogP contribution in [0.15, 0.2) is 18.2 Å². The number of carbonyl (C=O) groups excluding carboxylic acids is 4. The fourth-order valence-corrected chi connectivity index (χ4v) is 3.68. The molecule has 0 aliphatic rings. The van der Waals surface area contributed by atoms with Crippen LogP contribution in [0.3, 0.4) is 0 Å². The average Bonchev–Trinajstić information content (AvgIpc) is 2.71. The highest BCUT2D eigenvalue weighted by Crippen LogP contribution is 2.24. The number of nitrogens with zero attached hydrogens (tertiary/aromatic N) is 1. The second-order valence-electron chi connectivity index (χ2n) is 10.1. The van der Waals surface area contributed by atoms with Crippen LogP contribution in [0, 0.1) is 13.8 Å². The molecule has 9 nitrogen and oxygen atoms in total. The van der Waals surface area contributed by atoms with Crippen molar-refractivity contribution < 1.29 is 23.9 Å². The maximum Gasteiger partial charge on any atom is 0.408 e. The topological polar surface area (TPSA) is 131 Å². The first-order chi connectivity index (χ1) is 16.2. The summed E-state index contributed by atoms with van der Waals surface area (Å²) in [5.41, 5.74) is 7.21. The summed E-state index contributed by atoms with van der Waals surface area (Å²) in [7, 11) is 1.51. The van der Waals surface area contributed by atoms with Gasteiger partial charge < -0.3 is 26.0 Å². The summed E-state index contributed by atoms with van der Waals surface area (Å²) in [5.74, 6) is -1.46. The molecular formula is C26H42N4O5. The highest BCUT2D eigenvalue weighted by Gasteiger charge is 2.34. The third-order valence-electron chi connectivity index (χ3n) is 5.61. The molecule has 4 amide bonds. The largest absolute Gasteiger partial charge is 0.444 e. The molecule has 0 aliphatic heterocycles. The van der Waals surface area contributed by atoms with E-state index in [-0.39, 0.29) is 24.8 Å². The van der Waals surface area contributed by atoms with Crippen molar-refractivity contribution in [1.29, 1.82) is 0 Å². The lowest BCUT2D eigenvalue weighted by molar-refractivity contribution is -0.141. The first-order valence-corrected chi connectivity index (χ1v) is 12.1. The Kier molecular flexibility index (Phi) is 11.2. The SMILES string of the molecule is CCCC(C)NC(=O)C(c1ccc(C)c(C)c1)N(C)C(=O)C(CCC(N)=O)NC(=O)OC(C)(C)C. The first-order valence-electron chi connectivity index (χ1n) is 12.1. The molecule has 4 N–H and O–H groups in total. The number of nitrogens with one attached hydrogen (secondary N) is 2. The lowest BCUT2D eigenvalue weighted by Gasteiger charge is -2.32. The lowest BCUT2D eigenvalue weighted by Crippen LogP contribution is -2.52. The number of likely N-dealkylation sites (N-methyl/N-ethyl adjacent to an activating group) is 1. The minimum absolute atomic E-state index is 0.0226. The van der Waals surface area contributed by atoms with E-state index in [0.29, 0.717) is 5.56 Å². The molecule has 1 aromatic carbocycles. The number of primary amides is 1. The number of hydrogen-bond acceptors (Lipinski definition) is 5. The fraction of sp³-hybridized carbons (Fsp3) is 0.615. The molecule has 35 heavy (non-hydrogen) atoms. The van der Waals surface area contributed by atoms with Gasteiger partial charge in [-0.05, 0) is 71.1 Å². The van der Waals surface area contributed by atoms with Gasteiger partial charge in [-0.15, -0.1) is 0 Å². The van der Waals surface area contributed by atoms with Gasteiger partial charge >= 0.3 is 6.09 Å². The number of aryl methyl sites for hydroxylation is 2. The van der Waals surface area contributed by atoms with E-state index < -0.39 is 35.6 Å². The van der Waals surface area contributed by atoms with Gasteiger partial charge in [0.1, 0.15) is 17.7 Å². The van der Waals surface area contributed by atoms with Crippen LogP contribution < -0.4 is 16.4 Å². The van der Waals surface area contributed by atoms with Gasteiger partial charge in [0, 0.05) is 19.5 Å². The molecule has 0 spiro atoms. The summed E-state index contributed by atoms with van der Waals surface area (Å²) in [6.07, 6.45) is 0.765. The van der Waals surface area contributed by atoms with E-state index in [4.69, 9.17) is 10.5 Å². The first kappa shape index (κ1) is 29.9. The molecule has 1 rings (SSSR count). The van der Waals surface area contributed by atoms with Crippen molar-refractivity contribution in [2.75, 3.05) is 7.05 Å². The Hall–Kier alpha value is -3.10. The predicted molar refractivity (Wildman–Crippen MR) is 136 cm³/mol. The quantitative estimate of drug-likeness (QED) is 0.438. The Balaban J connectivity index is 3.32. The maximum atomic E-state index is 13.6. The number of hydrogen-bond donors (Lipinski definition) is 3. The summed E-state index contributed by atoms with van der Waals surface area (Å²) in [4.78, 5) is 52.1. The van der Waals surface area contributed by atoms with Crippen LogP contribution >= 0.6 is 0 Å². The van der Waals surface area contributed by atoms with Crippen molar-refractivity contribution in [3.8, 4) is 0 Å². The van der Waals surface area contributed by atoms with E-state index >= 15 is 0 Å². The van der Waals surface area contributed by atoms with Crippen LogP contribution in [0.1, 0.15) is 83.0 Å². The Bertz CT molecular complexity index is 909. The molecule has 1 aromatic rings. The van der Waals surface area contributed by atoms with Crippen molar-refractivity contribution >= 4 is 23.8 Å². The van der Waals surface area contributed by atoms with Crippen molar-refractivity contribution in [1.82, 2.24) is 15.5 Å². The van der Waals surface area contributed by atoms with Crippen molar-refractivity contribution in [3.63, 3.8) is 0 Å². The number of alkyl carbamates (subject to hydrolysis) is 1. The molecule has 3 atom stereocenters. The van der Waals surface area contributed by atoms with Gasteiger partial charge in [0.05, 0.1) is 0 Å². The van der Waals surface area contributed by atoms with Gasteiger partial charge in [0.25, 0.3) is 0 Å². The summed E-state index contributed by atoms with van der Waals surface area (Å²) < 4.78 is 5.29. The molecule has 3 unspecified atom stereocenters. The van der Waals surface area contributed by atoms with Gasteiger partial charge in [0.2, 0.25) is 17.7 Å². The summed E-state index contributed by atoms with van der Waals surface area (Å²) >= 11 is 0.